The van der Waals surface area contributed by atoms with E-state index in [-0.39, 0.29) is 10.7 Å². The minimum Gasteiger partial charge on any atom is -0.476 e. The molecule has 6 heteroatoms. The number of aromatic carboxylic acids is 1. The maximum absolute atomic E-state index is 10.6. The zero-order chi connectivity index (χ0) is 14.0. The highest BCUT2D eigenvalue weighted by Gasteiger charge is 2.36. The molecule has 1 aromatic rings. The zero-order valence-electron chi connectivity index (χ0n) is 11.6. The van der Waals surface area contributed by atoms with Gasteiger partial charge in [-0.15, -0.1) is 0 Å². The van der Waals surface area contributed by atoms with E-state index < -0.39 is 14.3 Å². The Morgan fingerprint density at radius 2 is 2.11 bits per heavy atom. The van der Waals surface area contributed by atoms with E-state index in [1.807, 2.05) is 0 Å². The molecule has 1 aromatic heterocycles. The highest BCUT2D eigenvalue weighted by Crippen LogP contribution is 2.36. The molecule has 0 atom stereocenters. The molecule has 1 rings (SSSR count). The van der Waals surface area contributed by atoms with Gasteiger partial charge < -0.3 is 14.1 Å². The van der Waals surface area contributed by atoms with Crippen LogP contribution in [0.4, 0.5) is 0 Å². The van der Waals surface area contributed by atoms with E-state index in [4.69, 9.17) is 14.1 Å². The van der Waals surface area contributed by atoms with E-state index in [0.29, 0.717) is 18.8 Å². The van der Waals surface area contributed by atoms with Gasteiger partial charge in [0, 0.05) is 19.1 Å². The molecule has 18 heavy (non-hydrogen) atoms. The number of rotatable bonds is 5. The van der Waals surface area contributed by atoms with Crippen LogP contribution in [0.2, 0.25) is 18.1 Å². The first kappa shape index (κ1) is 14.9. The van der Waals surface area contributed by atoms with Gasteiger partial charge in [0.1, 0.15) is 5.76 Å². The van der Waals surface area contributed by atoms with E-state index >= 15 is 0 Å². The van der Waals surface area contributed by atoms with Crippen molar-refractivity contribution >= 4 is 14.3 Å². The van der Waals surface area contributed by atoms with Crippen molar-refractivity contribution in [3.63, 3.8) is 0 Å². The molecule has 1 heterocycles. The summed E-state index contributed by atoms with van der Waals surface area (Å²) in [7, 11) is -1.75. The fourth-order valence-corrected chi connectivity index (χ4v) is 2.20. The molecule has 1 N–H and O–H groups in total. The zero-order valence-corrected chi connectivity index (χ0v) is 12.6. The second-order valence-electron chi connectivity index (χ2n) is 5.84. The van der Waals surface area contributed by atoms with Crippen molar-refractivity contribution in [1.29, 1.82) is 0 Å². The van der Waals surface area contributed by atoms with E-state index in [1.54, 1.807) is 0 Å². The number of carbonyl (C=O) groups is 1. The molecule has 5 nitrogen and oxygen atoms in total. The standard InChI is InChI=1S/C12H21NO4Si/c1-12(2,3)18(4,5)16-7-6-9-8-10(11(14)15)13-17-9/h8H,6-7H2,1-5H3,(H,14,15). The Balaban J connectivity index is 2.49. The Morgan fingerprint density at radius 1 is 1.50 bits per heavy atom. The van der Waals surface area contributed by atoms with Crippen molar-refractivity contribution in [1.82, 2.24) is 5.16 Å². The lowest BCUT2D eigenvalue weighted by atomic mass is 10.2. The van der Waals surface area contributed by atoms with Gasteiger partial charge in [-0.05, 0) is 18.1 Å². The molecule has 0 amide bonds. The Bertz CT molecular complexity index is 420. The summed E-state index contributed by atoms with van der Waals surface area (Å²) in [6.07, 6.45) is 0.548. The van der Waals surface area contributed by atoms with Crippen LogP contribution in [0.15, 0.2) is 10.6 Å². The van der Waals surface area contributed by atoms with Crippen LogP contribution in [-0.2, 0) is 10.8 Å². The van der Waals surface area contributed by atoms with Crippen LogP contribution >= 0.6 is 0 Å². The van der Waals surface area contributed by atoms with Gasteiger partial charge in [0.05, 0.1) is 0 Å². The van der Waals surface area contributed by atoms with Gasteiger partial charge in [-0.1, -0.05) is 25.9 Å². The summed E-state index contributed by atoms with van der Waals surface area (Å²) in [4.78, 5) is 10.6. The van der Waals surface area contributed by atoms with Crippen LogP contribution in [0.5, 0.6) is 0 Å². The molecule has 0 bridgehead atoms. The lowest BCUT2D eigenvalue weighted by molar-refractivity contribution is 0.0685. The predicted octanol–water partition coefficient (Wildman–Crippen LogP) is 2.94. The normalized spacial score (nSPS) is 12.7. The number of nitrogens with zero attached hydrogens (tertiary/aromatic N) is 1. The molecule has 0 aliphatic rings. The van der Waals surface area contributed by atoms with Gasteiger partial charge >= 0.3 is 5.97 Å². The summed E-state index contributed by atoms with van der Waals surface area (Å²) in [5, 5.41) is 12.3. The van der Waals surface area contributed by atoms with Gasteiger partial charge in [0.25, 0.3) is 0 Å². The third-order valence-corrected chi connectivity index (χ3v) is 7.93. The second kappa shape index (κ2) is 5.24. The van der Waals surface area contributed by atoms with Crippen molar-refractivity contribution in [2.75, 3.05) is 6.61 Å². The molecule has 0 spiro atoms. The number of hydrogen-bond donors (Lipinski definition) is 1. The lowest BCUT2D eigenvalue weighted by Crippen LogP contribution is -2.41. The number of carboxylic acid groups (broad SMARTS) is 1. The number of aromatic nitrogens is 1. The molecule has 0 aliphatic carbocycles. The van der Waals surface area contributed by atoms with Crippen LogP contribution < -0.4 is 0 Å². The fourth-order valence-electron chi connectivity index (χ4n) is 1.15. The minimum atomic E-state index is -1.75. The monoisotopic (exact) mass is 271 g/mol. The average Bonchev–Trinajstić information content (AvgIpc) is 2.64. The average molecular weight is 271 g/mol. The lowest BCUT2D eigenvalue weighted by Gasteiger charge is -2.36. The van der Waals surface area contributed by atoms with Gasteiger partial charge in [-0.3, -0.25) is 0 Å². The van der Waals surface area contributed by atoms with Crippen molar-refractivity contribution in [3.8, 4) is 0 Å². The van der Waals surface area contributed by atoms with E-state index in [1.165, 1.54) is 6.07 Å². The number of hydrogen-bond acceptors (Lipinski definition) is 4. The third kappa shape index (κ3) is 3.68. The van der Waals surface area contributed by atoms with Gasteiger partial charge in [0.15, 0.2) is 14.0 Å². The van der Waals surface area contributed by atoms with Crippen molar-refractivity contribution in [2.45, 2.75) is 45.3 Å². The van der Waals surface area contributed by atoms with Gasteiger partial charge in [-0.2, -0.15) is 0 Å². The molecule has 102 valence electrons. The van der Waals surface area contributed by atoms with Crippen LogP contribution in [0.3, 0.4) is 0 Å². The van der Waals surface area contributed by atoms with Crippen LogP contribution in [0, 0.1) is 0 Å². The second-order valence-corrected chi connectivity index (χ2v) is 10.7. The highest BCUT2D eigenvalue weighted by atomic mass is 28.4. The predicted molar refractivity (Wildman–Crippen MR) is 70.3 cm³/mol. The largest absolute Gasteiger partial charge is 0.476 e. The van der Waals surface area contributed by atoms with Crippen molar-refractivity contribution < 1.29 is 18.9 Å². The third-order valence-electron chi connectivity index (χ3n) is 3.40. The van der Waals surface area contributed by atoms with Crippen LogP contribution in [0.1, 0.15) is 37.0 Å². The smallest absolute Gasteiger partial charge is 0.358 e. The topological polar surface area (TPSA) is 72.6 Å². The Hall–Kier alpha value is -1.14. The van der Waals surface area contributed by atoms with Crippen LogP contribution in [0.25, 0.3) is 0 Å². The summed E-state index contributed by atoms with van der Waals surface area (Å²) < 4.78 is 10.9. The first-order valence-electron chi connectivity index (χ1n) is 5.96. The maximum atomic E-state index is 10.6. The van der Waals surface area contributed by atoms with Crippen molar-refractivity contribution in [2.24, 2.45) is 0 Å². The molecule has 0 aliphatic heterocycles. The van der Waals surface area contributed by atoms with Crippen LogP contribution in [-0.4, -0.2) is 31.2 Å². The first-order chi connectivity index (χ1) is 8.13. The molecule has 0 radical (unpaired) electrons. The van der Waals surface area contributed by atoms with E-state index in [0.717, 1.165) is 0 Å². The van der Waals surface area contributed by atoms with E-state index in [9.17, 15) is 4.79 Å². The quantitative estimate of drug-likeness (QED) is 0.834. The summed E-state index contributed by atoms with van der Waals surface area (Å²) >= 11 is 0. The Labute approximate surface area is 108 Å². The fraction of sp³-hybridized carbons (Fsp3) is 0.667. The van der Waals surface area contributed by atoms with Crippen molar-refractivity contribution in [3.05, 3.63) is 17.5 Å². The SMILES string of the molecule is CC(C)(C)[Si](C)(C)OCCc1cc(C(=O)O)no1. The molecular weight excluding hydrogens is 250 g/mol. The Kier molecular flexibility index (Phi) is 4.34. The summed E-state index contributed by atoms with van der Waals surface area (Å²) in [6, 6.07) is 1.44. The maximum Gasteiger partial charge on any atom is 0.358 e. The molecule has 0 aromatic carbocycles. The van der Waals surface area contributed by atoms with Gasteiger partial charge in [-0.25, -0.2) is 4.79 Å². The first-order valence-corrected chi connectivity index (χ1v) is 8.87. The molecule has 0 unspecified atom stereocenters. The summed E-state index contributed by atoms with van der Waals surface area (Å²) in [5.41, 5.74) is -0.0580. The Morgan fingerprint density at radius 3 is 2.56 bits per heavy atom. The number of carboxylic acids is 1. The molecule has 0 saturated heterocycles. The molecule has 0 saturated carbocycles. The van der Waals surface area contributed by atoms with Gasteiger partial charge in [0.2, 0.25) is 0 Å². The highest BCUT2D eigenvalue weighted by molar-refractivity contribution is 6.74. The van der Waals surface area contributed by atoms with E-state index in [2.05, 4.69) is 39.0 Å². The summed E-state index contributed by atoms with van der Waals surface area (Å²) in [6.45, 7) is 11.4. The molecule has 0 fully saturated rings. The molecular formula is C12H21NO4Si. The minimum absolute atomic E-state index is 0.0580. The summed E-state index contributed by atoms with van der Waals surface area (Å²) in [5.74, 6) is -0.526.